The normalized spacial score (nSPS) is 23.6. The van der Waals surface area contributed by atoms with Gasteiger partial charge >= 0.3 is 6.03 Å². The van der Waals surface area contributed by atoms with Gasteiger partial charge in [-0.15, -0.1) is 11.3 Å². The van der Waals surface area contributed by atoms with E-state index in [4.69, 9.17) is 0 Å². The molecule has 2 heterocycles. The molecule has 5 nitrogen and oxygen atoms in total. The molecule has 2 amide bonds. The Kier molecular flexibility index (Phi) is 5.89. The smallest absolute Gasteiger partial charge is 0.321 e. The predicted octanol–water partition coefficient (Wildman–Crippen LogP) is 3.97. The highest BCUT2D eigenvalue weighted by molar-refractivity contribution is 7.15. The lowest BCUT2D eigenvalue weighted by Crippen LogP contribution is -2.38. The molecule has 1 aromatic rings. The number of anilines is 1. The van der Waals surface area contributed by atoms with E-state index in [1.807, 2.05) is 6.20 Å². The number of hydrogen-bond donors (Lipinski definition) is 2. The second-order valence-electron chi connectivity index (χ2n) is 6.88. The number of piperidine rings is 1. The van der Waals surface area contributed by atoms with Crippen LogP contribution < -0.4 is 10.6 Å². The van der Waals surface area contributed by atoms with Crippen molar-refractivity contribution in [1.29, 1.82) is 0 Å². The summed E-state index contributed by atoms with van der Waals surface area (Å²) in [6.07, 6.45) is 11.8. The second-order valence-corrected chi connectivity index (χ2v) is 8.00. The molecular weight excluding hydrogens is 308 g/mol. The standard InChI is InChI=1S/C17H28N4OS/c1-13-7-5-6-10-21(13)12-15-11-18-17(23-15)20-16(22)19-14-8-3-2-4-9-14/h11,13-14H,2-10,12H2,1H3,(H2,18,19,20,22). The molecule has 0 aromatic carbocycles. The lowest BCUT2D eigenvalue weighted by molar-refractivity contribution is 0.154. The Bertz CT molecular complexity index is 512. The van der Waals surface area contributed by atoms with E-state index in [2.05, 4.69) is 27.4 Å². The number of aromatic nitrogens is 1. The van der Waals surface area contributed by atoms with Crippen molar-refractivity contribution < 1.29 is 4.79 Å². The SMILES string of the molecule is CC1CCCCN1Cc1cnc(NC(=O)NC2CCCCC2)s1. The summed E-state index contributed by atoms with van der Waals surface area (Å²) in [6, 6.07) is 0.874. The van der Waals surface area contributed by atoms with Crippen LogP contribution in [0.5, 0.6) is 0 Å². The van der Waals surface area contributed by atoms with Crippen LogP contribution in [0, 0.1) is 0 Å². The average Bonchev–Trinajstić information content (AvgIpc) is 2.97. The molecule has 2 N–H and O–H groups in total. The van der Waals surface area contributed by atoms with Gasteiger partial charge in [-0.05, 0) is 39.2 Å². The maximum absolute atomic E-state index is 12.1. The van der Waals surface area contributed by atoms with E-state index in [-0.39, 0.29) is 6.03 Å². The Hall–Kier alpha value is -1.14. The summed E-state index contributed by atoms with van der Waals surface area (Å²) in [5, 5.41) is 6.67. The number of likely N-dealkylation sites (tertiary alicyclic amines) is 1. The molecule has 1 aliphatic carbocycles. The number of hydrogen-bond acceptors (Lipinski definition) is 4. The molecule has 2 fully saturated rings. The Morgan fingerprint density at radius 3 is 2.83 bits per heavy atom. The van der Waals surface area contributed by atoms with Gasteiger partial charge in [-0.2, -0.15) is 0 Å². The maximum atomic E-state index is 12.1. The van der Waals surface area contributed by atoms with Crippen LogP contribution in [0.3, 0.4) is 0 Å². The van der Waals surface area contributed by atoms with E-state index in [0.717, 1.165) is 19.4 Å². The lowest BCUT2D eigenvalue weighted by atomic mass is 9.96. The van der Waals surface area contributed by atoms with Gasteiger partial charge < -0.3 is 5.32 Å². The zero-order valence-electron chi connectivity index (χ0n) is 14.0. The number of nitrogens with one attached hydrogen (secondary N) is 2. The summed E-state index contributed by atoms with van der Waals surface area (Å²) in [5.74, 6) is 0. The van der Waals surface area contributed by atoms with E-state index < -0.39 is 0 Å². The summed E-state index contributed by atoms with van der Waals surface area (Å²) < 4.78 is 0. The van der Waals surface area contributed by atoms with Crippen molar-refractivity contribution in [3.63, 3.8) is 0 Å². The Labute approximate surface area is 142 Å². The summed E-state index contributed by atoms with van der Waals surface area (Å²) >= 11 is 1.59. The van der Waals surface area contributed by atoms with Gasteiger partial charge in [0.25, 0.3) is 0 Å². The molecule has 0 radical (unpaired) electrons. The fourth-order valence-corrected chi connectivity index (χ4v) is 4.43. The number of rotatable bonds is 4. The molecule has 1 aliphatic heterocycles. The molecule has 6 heteroatoms. The van der Waals surface area contributed by atoms with Gasteiger partial charge in [0.2, 0.25) is 0 Å². The van der Waals surface area contributed by atoms with Gasteiger partial charge in [-0.25, -0.2) is 9.78 Å². The van der Waals surface area contributed by atoms with Crippen LogP contribution in [0.25, 0.3) is 0 Å². The summed E-state index contributed by atoms with van der Waals surface area (Å²) in [5.41, 5.74) is 0. The fraction of sp³-hybridized carbons (Fsp3) is 0.765. The summed E-state index contributed by atoms with van der Waals surface area (Å²) in [6.45, 7) is 4.42. The number of amides is 2. The highest BCUT2D eigenvalue weighted by Gasteiger charge is 2.20. The van der Waals surface area contributed by atoms with Crippen LogP contribution in [0.2, 0.25) is 0 Å². The molecule has 0 spiro atoms. The zero-order chi connectivity index (χ0) is 16.1. The van der Waals surface area contributed by atoms with Gasteiger partial charge in [-0.3, -0.25) is 10.2 Å². The van der Waals surface area contributed by atoms with Gasteiger partial charge in [0.1, 0.15) is 0 Å². The highest BCUT2D eigenvalue weighted by atomic mass is 32.1. The van der Waals surface area contributed by atoms with Crippen LogP contribution >= 0.6 is 11.3 Å². The number of carbonyl (C=O) groups is 1. The molecule has 2 aliphatic rings. The van der Waals surface area contributed by atoms with E-state index >= 15 is 0 Å². The largest absolute Gasteiger partial charge is 0.335 e. The zero-order valence-corrected chi connectivity index (χ0v) is 14.8. The Morgan fingerprint density at radius 1 is 1.26 bits per heavy atom. The molecule has 1 aromatic heterocycles. The molecule has 23 heavy (non-hydrogen) atoms. The van der Waals surface area contributed by atoms with Gasteiger partial charge in [-0.1, -0.05) is 25.7 Å². The minimum absolute atomic E-state index is 0.107. The lowest BCUT2D eigenvalue weighted by Gasteiger charge is -2.32. The topological polar surface area (TPSA) is 57.3 Å². The van der Waals surface area contributed by atoms with E-state index in [0.29, 0.717) is 17.2 Å². The molecule has 1 atom stereocenters. The second kappa shape index (κ2) is 8.11. The summed E-state index contributed by atoms with van der Waals surface area (Å²) in [4.78, 5) is 20.2. The monoisotopic (exact) mass is 336 g/mol. The number of nitrogens with zero attached hydrogens (tertiary/aromatic N) is 2. The van der Waals surface area contributed by atoms with Crippen LogP contribution in [0.15, 0.2) is 6.20 Å². The van der Waals surface area contributed by atoms with Crippen LogP contribution in [0.4, 0.5) is 9.93 Å². The van der Waals surface area contributed by atoms with Crippen molar-refractivity contribution in [3.8, 4) is 0 Å². The van der Waals surface area contributed by atoms with Crippen molar-refractivity contribution in [3.05, 3.63) is 11.1 Å². The van der Waals surface area contributed by atoms with Gasteiger partial charge in [0.05, 0.1) is 0 Å². The first-order valence-corrected chi connectivity index (χ1v) is 9.78. The van der Waals surface area contributed by atoms with Gasteiger partial charge in [0.15, 0.2) is 5.13 Å². The first-order chi connectivity index (χ1) is 11.2. The molecule has 1 unspecified atom stereocenters. The van der Waals surface area contributed by atoms with Crippen LogP contribution in [-0.2, 0) is 6.54 Å². The third-order valence-corrected chi connectivity index (χ3v) is 5.91. The molecule has 0 bridgehead atoms. The van der Waals surface area contributed by atoms with E-state index in [1.165, 1.54) is 49.9 Å². The predicted molar refractivity (Wildman–Crippen MR) is 94.9 cm³/mol. The third kappa shape index (κ3) is 4.91. The van der Waals surface area contributed by atoms with Crippen molar-refractivity contribution in [2.24, 2.45) is 0 Å². The van der Waals surface area contributed by atoms with E-state index in [9.17, 15) is 4.79 Å². The highest BCUT2D eigenvalue weighted by Crippen LogP contribution is 2.24. The van der Waals surface area contributed by atoms with Crippen LogP contribution in [-0.4, -0.2) is 34.5 Å². The maximum Gasteiger partial charge on any atom is 0.321 e. The third-order valence-electron chi connectivity index (χ3n) is 5.01. The van der Waals surface area contributed by atoms with Crippen molar-refractivity contribution in [2.75, 3.05) is 11.9 Å². The van der Waals surface area contributed by atoms with Gasteiger partial charge in [0, 0.05) is 29.7 Å². The van der Waals surface area contributed by atoms with E-state index in [1.54, 1.807) is 11.3 Å². The minimum Gasteiger partial charge on any atom is -0.335 e. The molecule has 1 saturated heterocycles. The fourth-order valence-electron chi connectivity index (χ4n) is 3.60. The molecule has 128 valence electrons. The van der Waals surface area contributed by atoms with Crippen LogP contribution in [0.1, 0.15) is 63.2 Å². The average molecular weight is 337 g/mol. The van der Waals surface area contributed by atoms with Crippen molar-refractivity contribution in [2.45, 2.75) is 76.9 Å². The Morgan fingerprint density at radius 2 is 2.04 bits per heavy atom. The number of carbonyl (C=O) groups excluding carboxylic acids is 1. The molecule has 1 saturated carbocycles. The first-order valence-electron chi connectivity index (χ1n) is 8.97. The van der Waals surface area contributed by atoms with Crippen molar-refractivity contribution in [1.82, 2.24) is 15.2 Å². The molecule has 3 rings (SSSR count). The number of thiazole rings is 1. The first kappa shape index (κ1) is 16.7. The number of urea groups is 1. The summed E-state index contributed by atoms with van der Waals surface area (Å²) in [7, 11) is 0. The quantitative estimate of drug-likeness (QED) is 0.874. The Balaban J connectivity index is 1.47. The minimum atomic E-state index is -0.107. The molecular formula is C17H28N4OS. The van der Waals surface area contributed by atoms with Crippen molar-refractivity contribution >= 4 is 22.5 Å².